The molecule has 0 saturated carbocycles. The van der Waals surface area contributed by atoms with E-state index < -0.39 is 6.16 Å². The first kappa shape index (κ1) is 22.4. The van der Waals surface area contributed by atoms with Crippen LogP contribution in [0.2, 0.25) is 0 Å². The summed E-state index contributed by atoms with van der Waals surface area (Å²) in [5, 5.41) is 8.97. The number of halogens is 1. The van der Waals surface area contributed by atoms with E-state index in [1.165, 1.54) is 25.4 Å². The first-order valence-corrected chi connectivity index (χ1v) is 10.6. The van der Waals surface area contributed by atoms with Crippen LogP contribution in [0.15, 0.2) is 36.7 Å². The Labute approximate surface area is 191 Å². The molecule has 4 rings (SSSR count). The van der Waals surface area contributed by atoms with E-state index in [2.05, 4.69) is 41.6 Å². The molecule has 3 heterocycles. The molecular formula is C23H25FN6O3. The molecule has 1 aromatic carbocycles. The van der Waals surface area contributed by atoms with Gasteiger partial charge in [0.2, 0.25) is 5.88 Å². The average Bonchev–Trinajstić information content (AvgIpc) is 2.82. The lowest BCUT2D eigenvalue weighted by atomic mass is 10.0. The fourth-order valence-electron chi connectivity index (χ4n) is 3.90. The molecule has 10 heteroatoms. The molecule has 1 atom stereocenters. The van der Waals surface area contributed by atoms with Gasteiger partial charge in [-0.15, -0.1) is 10.2 Å². The molecule has 0 aliphatic carbocycles. The topological polar surface area (TPSA) is 93.6 Å². The van der Waals surface area contributed by atoms with E-state index in [9.17, 15) is 9.18 Å². The Hall–Kier alpha value is -3.82. The zero-order valence-corrected chi connectivity index (χ0v) is 18.9. The van der Waals surface area contributed by atoms with Gasteiger partial charge < -0.3 is 19.3 Å². The van der Waals surface area contributed by atoms with E-state index in [-0.39, 0.29) is 17.7 Å². The number of piperazine rings is 1. The van der Waals surface area contributed by atoms with Gasteiger partial charge in [0.15, 0.2) is 5.82 Å². The summed E-state index contributed by atoms with van der Waals surface area (Å²) in [7, 11) is 1.23. The summed E-state index contributed by atoms with van der Waals surface area (Å²) < 4.78 is 22.6. The molecule has 3 aromatic rings. The number of rotatable bonds is 4. The molecular weight excluding hydrogens is 427 g/mol. The maximum atomic E-state index is 13.3. The largest absolute Gasteiger partial charge is 0.514 e. The van der Waals surface area contributed by atoms with E-state index in [0.717, 1.165) is 41.3 Å². The fraction of sp³-hybridized carbons (Fsp3) is 0.348. The van der Waals surface area contributed by atoms with Gasteiger partial charge in [-0.2, -0.15) is 0 Å². The lowest BCUT2D eigenvalue weighted by Gasteiger charge is -2.41. The van der Waals surface area contributed by atoms with E-state index in [0.29, 0.717) is 12.4 Å². The smallest absolute Gasteiger partial charge is 0.437 e. The van der Waals surface area contributed by atoms with Gasteiger partial charge in [-0.3, -0.25) is 0 Å². The summed E-state index contributed by atoms with van der Waals surface area (Å²) in [5.74, 6) is 1.35. The molecule has 0 radical (unpaired) electrons. The Bertz CT molecular complexity index is 1140. The molecule has 2 aromatic heterocycles. The van der Waals surface area contributed by atoms with Gasteiger partial charge in [0.05, 0.1) is 25.2 Å². The molecule has 0 amide bonds. The number of hydrogen-bond acceptors (Lipinski definition) is 9. The van der Waals surface area contributed by atoms with Crippen molar-refractivity contribution in [1.82, 2.24) is 20.2 Å². The molecule has 0 spiro atoms. The van der Waals surface area contributed by atoms with Crippen LogP contribution in [0.25, 0.3) is 11.3 Å². The molecule has 9 nitrogen and oxygen atoms in total. The highest BCUT2D eigenvalue weighted by atomic mass is 19.1. The third kappa shape index (κ3) is 4.69. The molecule has 1 fully saturated rings. The van der Waals surface area contributed by atoms with Crippen molar-refractivity contribution in [2.45, 2.75) is 26.8 Å². The second-order valence-corrected chi connectivity index (χ2v) is 7.89. The van der Waals surface area contributed by atoms with E-state index in [4.69, 9.17) is 4.74 Å². The summed E-state index contributed by atoms with van der Waals surface area (Å²) in [6.07, 6.45) is 2.14. The number of anilines is 2. The van der Waals surface area contributed by atoms with Crippen LogP contribution < -0.4 is 14.5 Å². The first-order valence-electron chi connectivity index (χ1n) is 10.6. The Morgan fingerprint density at radius 1 is 1.06 bits per heavy atom. The summed E-state index contributed by atoms with van der Waals surface area (Å²) in [5.41, 5.74) is 3.67. The molecule has 33 heavy (non-hydrogen) atoms. The van der Waals surface area contributed by atoms with Crippen LogP contribution in [0.3, 0.4) is 0 Å². The third-order valence-corrected chi connectivity index (χ3v) is 5.81. The van der Waals surface area contributed by atoms with Crippen LogP contribution in [0.5, 0.6) is 5.88 Å². The summed E-state index contributed by atoms with van der Waals surface area (Å²) in [6, 6.07) is 6.43. The van der Waals surface area contributed by atoms with Crippen molar-refractivity contribution in [3.63, 3.8) is 0 Å². The quantitative estimate of drug-likeness (QED) is 0.551. The maximum Gasteiger partial charge on any atom is 0.514 e. The van der Waals surface area contributed by atoms with Crippen molar-refractivity contribution in [3.05, 3.63) is 53.6 Å². The predicted molar refractivity (Wildman–Crippen MR) is 121 cm³/mol. The third-order valence-electron chi connectivity index (χ3n) is 5.81. The molecule has 1 aliphatic rings. The second-order valence-electron chi connectivity index (χ2n) is 7.89. The number of aromatic nitrogens is 4. The van der Waals surface area contributed by atoms with Gasteiger partial charge in [-0.25, -0.2) is 19.2 Å². The predicted octanol–water partition coefficient (Wildman–Crippen LogP) is 3.55. The second kappa shape index (κ2) is 9.35. The number of hydrogen-bond donors (Lipinski definition) is 0. The minimum absolute atomic E-state index is 0.0829. The van der Waals surface area contributed by atoms with E-state index in [1.807, 2.05) is 13.8 Å². The van der Waals surface area contributed by atoms with Crippen molar-refractivity contribution < 1.29 is 18.7 Å². The lowest BCUT2D eigenvalue weighted by molar-refractivity contribution is 0.119. The van der Waals surface area contributed by atoms with Gasteiger partial charge >= 0.3 is 6.16 Å². The van der Waals surface area contributed by atoms with Gasteiger partial charge in [-0.05, 0) is 56.2 Å². The summed E-state index contributed by atoms with van der Waals surface area (Å²) >= 11 is 0. The number of ether oxygens (including phenoxy) is 2. The highest BCUT2D eigenvalue weighted by molar-refractivity contribution is 5.67. The molecule has 0 N–H and O–H groups in total. The average molecular weight is 452 g/mol. The minimum atomic E-state index is -0.837. The van der Waals surface area contributed by atoms with Gasteiger partial charge in [0, 0.05) is 31.2 Å². The van der Waals surface area contributed by atoms with Crippen LogP contribution in [0.1, 0.15) is 18.1 Å². The van der Waals surface area contributed by atoms with Crippen LogP contribution in [0.4, 0.5) is 20.8 Å². The number of nitrogens with zero attached hydrogens (tertiary/aromatic N) is 6. The standard InChI is InChI=1S/C23H25FN6O3/c1-14-13-29(9-10-30(14)19-11-26-20(12-25-19)33-23(31)32-4)22-16(3)15(2)21(27-28-22)17-5-7-18(24)8-6-17/h5-8,11-12,14H,9-10,13H2,1-4H3/t14-/m1/s1. The van der Waals surface area contributed by atoms with Crippen LogP contribution in [-0.2, 0) is 4.74 Å². The normalized spacial score (nSPS) is 16.0. The Balaban J connectivity index is 1.48. The molecule has 0 bridgehead atoms. The van der Waals surface area contributed by atoms with Crippen molar-refractivity contribution >= 4 is 17.8 Å². The Morgan fingerprint density at radius 3 is 2.45 bits per heavy atom. The monoisotopic (exact) mass is 452 g/mol. The SMILES string of the molecule is COC(=O)Oc1cnc(N2CCN(c3nnc(-c4ccc(F)cc4)c(C)c3C)C[C@H]2C)cn1. The van der Waals surface area contributed by atoms with Gasteiger partial charge in [0.1, 0.15) is 11.6 Å². The van der Waals surface area contributed by atoms with Crippen molar-refractivity contribution in [2.75, 3.05) is 36.5 Å². The molecule has 0 unspecified atom stereocenters. The Kier molecular flexibility index (Phi) is 6.34. The number of methoxy groups -OCH3 is 1. The highest BCUT2D eigenvalue weighted by Crippen LogP contribution is 2.29. The zero-order valence-electron chi connectivity index (χ0n) is 18.9. The van der Waals surface area contributed by atoms with Crippen LogP contribution in [0, 0.1) is 19.7 Å². The van der Waals surface area contributed by atoms with E-state index in [1.54, 1.807) is 18.3 Å². The van der Waals surface area contributed by atoms with Crippen molar-refractivity contribution in [2.24, 2.45) is 0 Å². The Morgan fingerprint density at radius 2 is 1.82 bits per heavy atom. The minimum Gasteiger partial charge on any atom is -0.437 e. The van der Waals surface area contributed by atoms with Crippen molar-refractivity contribution in [1.29, 1.82) is 0 Å². The lowest BCUT2D eigenvalue weighted by Crippen LogP contribution is -2.53. The van der Waals surface area contributed by atoms with Crippen LogP contribution >= 0.6 is 0 Å². The van der Waals surface area contributed by atoms with Crippen LogP contribution in [-0.4, -0.2) is 59.1 Å². The summed E-state index contributed by atoms with van der Waals surface area (Å²) in [6.45, 7) is 8.33. The molecule has 1 aliphatic heterocycles. The highest BCUT2D eigenvalue weighted by Gasteiger charge is 2.27. The van der Waals surface area contributed by atoms with Gasteiger partial charge in [-0.1, -0.05) is 0 Å². The summed E-state index contributed by atoms with van der Waals surface area (Å²) in [4.78, 5) is 24.1. The number of benzene rings is 1. The fourth-order valence-corrected chi connectivity index (χ4v) is 3.90. The maximum absolute atomic E-state index is 13.3. The molecule has 172 valence electrons. The first-order chi connectivity index (χ1) is 15.9. The molecule has 1 saturated heterocycles. The number of carbonyl (C=O) groups excluding carboxylic acids is 1. The van der Waals surface area contributed by atoms with E-state index >= 15 is 0 Å². The van der Waals surface area contributed by atoms with Crippen molar-refractivity contribution in [3.8, 4) is 17.1 Å². The number of carbonyl (C=O) groups is 1. The van der Waals surface area contributed by atoms with Gasteiger partial charge in [0.25, 0.3) is 0 Å². The zero-order chi connectivity index (χ0) is 23.5.